The Morgan fingerprint density at radius 3 is 2.64 bits per heavy atom. The highest BCUT2D eigenvalue weighted by molar-refractivity contribution is 8.05. The van der Waals surface area contributed by atoms with Gasteiger partial charge in [0, 0.05) is 12.0 Å². The van der Waals surface area contributed by atoms with Gasteiger partial charge < -0.3 is 14.3 Å². The van der Waals surface area contributed by atoms with Crippen LogP contribution in [-0.4, -0.2) is 39.2 Å². The molecule has 1 unspecified atom stereocenters. The minimum Gasteiger partial charge on any atom is -0.493 e. The molecule has 0 amide bonds. The second-order valence-corrected chi connectivity index (χ2v) is 7.51. The van der Waals surface area contributed by atoms with Gasteiger partial charge in [-0.05, 0) is 13.0 Å². The van der Waals surface area contributed by atoms with Crippen molar-refractivity contribution in [2.24, 2.45) is 5.16 Å². The van der Waals surface area contributed by atoms with Crippen LogP contribution in [0.1, 0.15) is 18.9 Å². The van der Waals surface area contributed by atoms with E-state index in [0.29, 0.717) is 17.1 Å². The standard InChI is InChI=1S/C14H18ClNO5S/c1-14(9-15)7-12(16-21-14)22(17,18)8-10-5-4-6-11(19-2)13(10)20-3/h4-6H,7-9H2,1-3H3. The van der Waals surface area contributed by atoms with E-state index in [0.717, 1.165) is 0 Å². The number of sulfone groups is 1. The first-order chi connectivity index (χ1) is 10.3. The normalized spacial score (nSPS) is 21.2. The molecule has 1 aromatic rings. The second kappa shape index (κ2) is 6.34. The molecule has 0 aliphatic carbocycles. The van der Waals surface area contributed by atoms with Crippen LogP contribution in [-0.2, 0) is 20.4 Å². The Hall–Kier alpha value is -1.47. The SMILES string of the molecule is COc1cccc(CS(=O)(=O)C2=NOC(C)(CCl)C2)c1OC. The van der Waals surface area contributed by atoms with E-state index in [1.54, 1.807) is 25.1 Å². The molecule has 2 rings (SSSR count). The van der Waals surface area contributed by atoms with Crippen molar-refractivity contribution in [3.63, 3.8) is 0 Å². The lowest BCUT2D eigenvalue weighted by molar-refractivity contribution is 0.0152. The van der Waals surface area contributed by atoms with Gasteiger partial charge in [-0.25, -0.2) is 8.42 Å². The maximum atomic E-state index is 12.5. The van der Waals surface area contributed by atoms with Gasteiger partial charge in [0.25, 0.3) is 0 Å². The van der Waals surface area contributed by atoms with Crippen LogP contribution in [0.5, 0.6) is 11.5 Å². The van der Waals surface area contributed by atoms with Crippen molar-refractivity contribution in [2.45, 2.75) is 24.7 Å². The highest BCUT2D eigenvalue weighted by atomic mass is 35.5. The van der Waals surface area contributed by atoms with E-state index in [1.807, 2.05) is 0 Å². The topological polar surface area (TPSA) is 74.2 Å². The molecule has 122 valence electrons. The lowest BCUT2D eigenvalue weighted by Crippen LogP contribution is -2.28. The number of para-hydroxylation sites is 1. The molecule has 1 atom stereocenters. The molecule has 8 heteroatoms. The zero-order valence-electron chi connectivity index (χ0n) is 12.6. The zero-order chi connectivity index (χ0) is 16.4. The van der Waals surface area contributed by atoms with Crippen molar-refractivity contribution in [1.29, 1.82) is 0 Å². The zero-order valence-corrected chi connectivity index (χ0v) is 14.2. The fourth-order valence-corrected chi connectivity index (χ4v) is 3.76. The van der Waals surface area contributed by atoms with Crippen molar-refractivity contribution < 1.29 is 22.7 Å². The largest absolute Gasteiger partial charge is 0.493 e. The van der Waals surface area contributed by atoms with E-state index in [2.05, 4.69) is 5.16 Å². The van der Waals surface area contributed by atoms with Gasteiger partial charge in [-0.2, -0.15) is 0 Å². The second-order valence-electron chi connectivity index (χ2n) is 5.25. The molecule has 0 spiro atoms. The Kier molecular flexibility index (Phi) is 4.87. The number of nitrogens with zero attached hydrogens (tertiary/aromatic N) is 1. The van der Waals surface area contributed by atoms with E-state index in [9.17, 15) is 8.42 Å². The molecule has 0 saturated carbocycles. The lowest BCUT2D eigenvalue weighted by atomic mass is 10.1. The molecular formula is C14H18ClNO5S. The molecule has 1 aliphatic heterocycles. The maximum absolute atomic E-state index is 12.5. The molecule has 0 N–H and O–H groups in total. The van der Waals surface area contributed by atoms with Crippen LogP contribution < -0.4 is 9.47 Å². The van der Waals surface area contributed by atoms with Crippen molar-refractivity contribution in [2.75, 3.05) is 20.1 Å². The van der Waals surface area contributed by atoms with Crippen molar-refractivity contribution >= 4 is 26.5 Å². The van der Waals surface area contributed by atoms with Crippen LogP contribution >= 0.6 is 11.6 Å². The maximum Gasteiger partial charge on any atom is 0.199 e. The van der Waals surface area contributed by atoms with Gasteiger partial charge in [0.05, 0.1) is 25.9 Å². The van der Waals surface area contributed by atoms with E-state index in [1.165, 1.54) is 14.2 Å². The number of rotatable bonds is 5. The van der Waals surface area contributed by atoms with Crippen molar-refractivity contribution in [3.8, 4) is 11.5 Å². The van der Waals surface area contributed by atoms with E-state index in [-0.39, 0.29) is 23.1 Å². The van der Waals surface area contributed by atoms with Crippen LogP contribution in [0.3, 0.4) is 0 Å². The Morgan fingerprint density at radius 2 is 2.09 bits per heavy atom. The molecule has 1 heterocycles. The third-order valence-corrected chi connectivity index (χ3v) is 5.56. The molecule has 6 nitrogen and oxygen atoms in total. The van der Waals surface area contributed by atoms with E-state index < -0.39 is 15.4 Å². The number of ether oxygens (including phenoxy) is 2. The summed E-state index contributed by atoms with van der Waals surface area (Å²) in [4.78, 5) is 5.15. The number of hydrogen-bond donors (Lipinski definition) is 0. The number of oxime groups is 1. The molecule has 0 fully saturated rings. The fraction of sp³-hybridized carbons (Fsp3) is 0.500. The molecule has 1 aliphatic rings. The average Bonchev–Trinajstić information content (AvgIpc) is 2.91. The highest BCUT2D eigenvalue weighted by Crippen LogP contribution is 2.34. The first-order valence-electron chi connectivity index (χ1n) is 6.59. The molecule has 0 radical (unpaired) electrons. The number of benzene rings is 1. The summed E-state index contributed by atoms with van der Waals surface area (Å²) in [6.45, 7) is 1.72. The highest BCUT2D eigenvalue weighted by Gasteiger charge is 2.39. The smallest absolute Gasteiger partial charge is 0.199 e. The van der Waals surface area contributed by atoms with Gasteiger partial charge in [0.2, 0.25) is 0 Å². The Labute approximate surface area is 134 Å². The summed E-state index contributed by atoms with van der Waals surface area (Å²) in [5.74, 6) is 0.796. The van der Waals surface area contributed by atoms with Crippen molar-refractivity contribution in [1.82, 2.24) is 0 Å². The van der Waals surface area contributed by atoms with E-state index in [4.69, 9.17) is 25.9 Å². The quantitative estimate of drug-likeness (QED) is 0.764. The van der Waals surface area contributed by atoms with Crippen LogP contribution in [0, 0.1) is 0 Å². The summed E-state index contributed by atoms with van der Waals surface area (Å²) in [5, 5.41) is 3.70. The van der Waals surface area contributed by atoms with Gasteiger partial charge in [-0.3, -0.25) is 0 Å². The number of halogens is 1. The first kappa shape index (κ1) is 16.9. The summed E-state index contributed by atoms with van der Waals surface area (Å²) >= 11 is 5.78. The number of hydrogen-bond acceptors (Lipinski definition) is 6. The minimum atomic E-state index is -3.62. The van der Waals surface area contributed by atoms with Gasteiger partial charge in [-0.15, -0.1) is 11.6 Å². The van der Waals surface area contributed by atoms with Gasteiger partial charge in [-0.1, -0.05) is 17.3 Å². The molecule has 22 heavy (non-hydrogen) atoms. The van der Waals surface area contributed by atoms with Crippen LogP contribution in [0.15, 0.2) is 23.4 Å². The molecule has 1 aromatic carbocycles. The van der Waals surface area contributed by atoms with Gasteiger partial charge in [0.1, 0.15) is 0 Å². The van der Waals surface area contributed by atoms with Crippen LogP contribution in [0.2, 0.25) is 0 Å². The number of alkyl halides is 1. The fourth-order valence-electron chi connectivity index (χ4n) is 2.14. The van der Waals surface area contributed by atoms with Crippen LogP contribution in [0.4, 0.5) is 0 Å². The predicted molar refractivity (Wildman–Crippen MR) is 84.4 cm³/mol. The summed E-state index contributed by atoms with van der Waals surface area (Å²) in [7, 11) is -0.657. The van der Waals surface area contributed by atoms with Gasteiger partial charge in [0.15, 0.2) is 32.0 Å². The lowest BCUT2D eigenvalue weighted by Gasteiger charge is -2.17. The molecule has 0 saturated heterocycles. The number of methoxy groups -OCH3 is 2. The Balaban J connectivity index is 2.28. The minimum absolute atomic E-state index is 0.000484. The summed E-state index contributed by atoms with van der Waals surface area (Å²) in [5.41, 5.74) is -0.272. The summed E-state index contributed by atoms with van der Waals surface area (Å²) in [6, 6.07) is 5.09. The predicted octanol–water partition coefficient (Wildman–Crippen LogP) is 2.35. The van der Waals surface area contributed by atoms with E-state index >= 15 is 0 Å². The van der Waals surface area contributed by atoms with Gasteiger partial charge >= 0.3 is 0 Å². The third-order valence-electron chi connectivity index (χ3n) is 3.36. The molecule has 0 aromatic heterocycles. The molecular weight excluding hydrogens is 330 g/mol. The molecule has 0 bridgehead atoms. The summed E-state index contributed by atoms with van der Waals surface area (Å²) < 4.78 is 35.5. The third kappa shape index (κ3) is 3.30. The summed E-state index contributed by atoms with van der Waals surface area (Å²) in [6.07, 6.45) is 0.158. The van der Waals surface area contributed by atoms with Crippen molar-refractivity contribution in [3.05, 3.63) is 23.8 Å². The van der Waals surface area contributed by atoms with Crippen LogP contribution in [0.25, 0.3) is 0 Å². The monoisotopic (exact) mass is 347 g/mol. The average molecular weight is 348 g/mol. The Bertz CT molecular complexity index is 688. The Morgan fingerprint density at radius 1 is 1.36 bits per heavy atom. The first-order valence-corrected chi connectivity index (χ1v) is 8.77.